The summed E-state index contributed by atoms with van der Waals surface area (Å²) in [5.74, 6) is 3.02. The number of benzene rings is 1. The first-order chi connectivity index (χ1) is 21.9. The molecule has 1 aliphatic carbocycles. The molecule has 0 radical (unpaired) electrons. The number of anilines is 1. The zero-order valence-electron chi connectivity index (χ0n) is 30.2. The second-order valence-electron chi connectivity index (χ2n) is 14.9. The maximum Gasteiger partial charge on any atom is 0.231 e. The lowest BCUT2D eigenvalue weighted by atomic mass is 9.48. The van der Waals surface area contributed by atoms with Crippen LogP contribution < -0.4 is 5.32 Å². The van der Waals surface area contributed by atoms with Crippen LogP contribution in [0.2, 0.25) is 0 Å². The molecule has 7 heteroatoms. The van der Waals surface area contributed by atoms with E-state index in [1.807, 2.05) is 18.2 Å². The van der Waals surface area contributed by atoms with E-state index < -0.39 is 0 Å². The van der Waals surface area contributed by atoms with Crippen LogP contribution >= 0.6 is 23.5 Å². The van der Waals surface area contributed by atoms with Gasteiger partial charge < -0.3 is 10.4 Å². The van der Waals surface area contributed by atoms with Crippen molar-refractivity contribution in [3.63, 3.8) is 0 Å². The Morgan fingerprint density at radius 3 is 1.72 bits per heavy atom. The van der Waals surface area contributed by atoms with Crippen molar-refractivity contribution in [3.05, 3.63) is 47.7 Å². The van der Waals surface area contributed by atoms with E-state index >= 15 is 0 Å². The third-order valence-electron chi connectivity index (χ3n) is 9.23. The smallest absolute Gasteiger partial charge is 0.231 e. The van der Waals surface area contributed by atoms with Crippen molar-refractivity contribution in [1.29, 1.82) is 0 Å². The number of phenols is 1. The molecule has 2 N–H and O–H groups in total. The number of rotatable bonds is 19. The quantitative estimate of drug-likeness (QED) is 0.114. The summed E-state index contributed by atoms with van der Waals surface area (Å²) < 4.78 is 0. The maximum absolute atomic E-state index is 11.0. The van der Waals surface area contributed by atoms with Crippen LogP contribution in [0.25, 0.3) is 5.57 Å². The second kappa shape index (κ2) is 18.5. The minimum atomic E-state index is -0.364. The lowest BCUT2D eigenvalue weighted by Crippen LogP contribution is -2.47. The molecule has 0 aliphatic heterocycles. The van der Waals surface area contributed by atoms with Crippen LogP contribution in [0.5, 0.6) is 5.75 Å². The summed E-state index contributed by atoms with van der Waals surface area (Å²) in [7, 11) is 0. The number of nitrogens with zero attached hydrogens (tertiary/aromatic N) is 3. The van der Waals surface area contributed by atoms with Gasteiger partial charge in [0.05, 0.1) is 0 Å². The minimum Gasteiger partial charge on any atom is -0.507 e. The summed E-state index contributed by atoms with van der Waals surface area (Å²) in [6, 6.07) is 7.75. The number of phenolic OH excluding ortho intramolecular Hbond substituents is 1. The van der Waals surface area contributed by atoms with E-state index in [4.69, 9.17) is 15.0 Å². The summed E-state index contributed by atoms with van der Waals surface area (Å²) in [5.41, 5.74) is 2.54. The highest BCUT2D eigenvalue weighted by molar-refractivity contribution is 7.99. The SMILES string of the molecule is CCCCCCCCSc1nc(NC2=CC(C(C)(C)C)(C(C)(C)C)C(c3ccccc3O)=CC2)nc(SCCCCCCCC)n1. The fourth-order valence-corrected chi connectivity index (χ4v) is 8.73. The van der Waals surface area contributed by atoms with Gasteiger partial charge in [-0.25, -0.2) is 0 Å². The zero-order chi connectivity index (χ0) is 33.6. The third kappa shape index (κ3) is 10.8. The molecule has 0 spiro atoms. The number of aromatic nitrogens is 3. The van der Waals surface area contributed by atoms with Crippen LogP contribution in [0.15, 0.2) is 52.4 Å². The van der Waals surface area contributed by atoms with Crippen LogP contribution in [-0.4, -0.2) is 31.6 Å². The van der Waals surface area contributed by atoms with Crippen molar-refractivity contribution in [2.45, 2.75) is 149 Å². The number of allylic oxidation sites excluding steroid dienone is 3. The van der Waals surface area contributed by atoms with Gasteiger partial charge in [-0.1, -0.05) is 173 Å². The van der Waals surface area contributed by atoms with Crippen LogP contribution in [0.3, 0.4) is 0 Å². The largest absolute Gasteiger partial charge is 0.507 e. The normalized spacial score (nSPS) is 15.0. The standard InChI is InChI=1S/C39H62N4OS2/c1-9-11-13-15-17-21-27-45-35-41-34(42-36(43-35)46-28-22-18-16-14-12-10-2)40-30-25-26-32(31-23-19-20-24-33(31)44)39(29-30,37(3,4)5)38(6,7)8/h19-20,23-24,26,29,44H,9-18,21-22,25,27-28H2,1-8H3,(H,40,41,42,43). The average molecular weight is 667 g/mol. The summed E-state index contributed by atoms with van der Waals surface area (Å²) in [6.45, 7) is 18.4. The molecule has 0 saturated carbocycles. The number of unbranched alkanes of at least 4 members (excludes halogenated alkanes) is 10. The molecule has 0 atom stereocenters. The predicted molar refractivity (Wildman–Crippen MR) is 202 cm³/mol. The lowest BCUT2D eigenvalue weighted by Gasteiger charge is -2.55. The van der Waals surface area contributed by atoms with Gasteiger partial charge in [0.1, 0.15) is 5.75 Å². The number of hydrogen-bond acceptors (Lipinski definition) is 7. The van der Waals surface area contributed by atoms with E-state index in [-0.39, 0.29) is 16.2 Å². The molecule has 0 amide bonds. The molecule has 1 aromatic carbocycles. The van der Waals surface area contributed by atoms with Crippen LogP contribution in [0, 0.1) is 16.2 Å². The van der Waals surface area contributed by atoms with Gasteiger partial charge in [0.15, 0.2) is 10.3 Å². The third-order valence-corrected chi connectivity index (χ3v) is 11.1. The van der Waals surface area contributed by atoms with E-state index in [9.17, 15) is 5.11 Å². The van der Waals surface area contributed by atoms with E-state index in [0.29, 0.717) is 18.1 Å². The van der Waals surface area contributed by atoms with Crippen molar-refractivity contribution >= 4 is 35.0 Å². The highest BCUT2D eigenvalue weighted by atomic mass is 32.2. The van der Waals surface area contributed by atoms with Crippen LogP contribution in [0.4, 0.5) is 5.95 Å². The van der Waals surface area contributed by atoms with Gasteiger partial charge in [0, 0.05) is 34.6 Å². The monoisotopic (exact) mass is 666 g/mol. The molecular formula is C39H62N4OS2. The Morgan fingerprint density at radius 2 is 1.22 bits per heavy atom. The highest BCUT2D eigenvalue weighted by Crippen LogP contribution is 2.62. The molecule has 46 heavy (non-hydrogen) atoms. The van der Waals surface area contributed by atoms with Gasteiger partial charge in [-0.2, -0.15) is 15.0 Å². The maximum atomic E-state index is 11.0. The van der Waals surface area contributed by atoms with Crippen molar-refractivity contribution in [3.8, 4) is 5.75 Å². The molecular weight excluding hydrogens is 605 g/mol. The molecule has 0 fully saturated rings. The van der Waals surface area contributed by atoms with Gasteiger partial charge >= 0.3 is 0 Å². The lowest BCUT2D eigenvalue weighted by molar-refractivity contribution is 0.0752. The molecule has 0 unspecified atom stereocenters. The molecule has 1 aromatic heterocycles. The van der Waals surface area contributed by atoms with Gasteiger partial charge in [-0.15, -0.1) is 0 Å². The Balaban J connectivity index is 1.87. The summed E-state index contributed by atoms with van der Waals surface area (Å²) in [5, 5.41) is 16.3. The number of hydrogen-bond donors (Lipinski definition) is 2. The molecule has 2 aromatic rings. The van der Waals surface area contributed by atoms with Gasteiger partial charge in [0.2, 0.25) is 5.95 Å². The van der Waals surface area contributed by atoms with Crippen LogP contribution in [-0.2, 0) is 0 Å². The zero-order valence-corrected chi connectivity index (χ0v) is 31.8. The fraction of sp³-hybridized carbons (Fsp3) is 0.667. The van der Waals surface area contributed by atoms with Gasteiger partial charge in [0.25, 0.3) is 0 Å². The number of thioether (sulfide) groups is 2. The van der Waals surface area contributed by atoms with Gasteiger partial charge in [-0.05, 0) is 35.3 Å². The predicted octanol–water partition coefficient (Wildman–Crippen LogP) is 12.3. The van der Waals surface area contributed by atoms with Crippen LogP contribution in [0.1, 0.15) is 144 Å². The second-order valence-corrected chi connectivity index (χ2v) is 17.0. The number of para-hydroxylation sites is 1. The highest BCUT2D eigenvalue weighted by Gasteiger charge is 2.53. The van der Waals surface area contributed by atoms with Gasteiger partial charge in [-0.3, -0.25) is 0 Å². The molecule has 256 valence electrons. The minimum absolute atomic E-state index is 0.137. The average Bonchev–Trinajstić information content (AvgIpc) is 2.99. The van der Waals surface area contributed by atoms with E-state index in [1.165, 1.54) is 82.6 Å². The molecule has 0 saturated heterocycles. The summed E-state index contributed by atoms with van der Waals surface area (Å²) in [4.78, 5) is 14.8. The Bertz CT molecular complexity index is 1230. The first-order valence-electron chi connectivity index (χ1n) is 17.9. The summed E-state index contributed by atoms with van der Waals surface area (Å²) in [6.07, 6.45) is 20.8. The first kappa shape index (κ1) is 38.5. The summed E-state index contributed by atoms with van der Waals surface area (Å²) >= 11 is 3.52. The topological polar surface area (TPSA) is 70.9 Å². The Kier molecular flexibility index (Phi) is 15.5. The van der Waals surface area contributed by atoms with Crippen molar-refractivity contribution in [2.24, 2.45) is 16.2 Å². The number of nitrogens with one attached hydrogen (secondary N) is 1. The number of aromatic hydroxyl groups is 1. The van der Waals surface area contributed by atoms with Crippen molar-refractivity contribution in [1.82, 2.24) is 15.0 Å². The van der Waals surface area contributed by atoms with E-state index in [1.54, 1.807) is 29.6 Å². The van der Waals surface area contributed by atoms with E-state index in [0.717, 1.165) is 33.1 Å². The van der Waals surface area contributed by atoms with Crippen molar-refractivity contribution in [2.75, 3.05) is 16.8 Å². The Morgan fingerprint density at radius 1 is 0.717 bits per heavy atom. The molecule has 5 nitrogen and oxygen atoms in total. The Hall–Kier alpha value is -1.99. The molecule has 1 heterocycles. The fourth-order valence-electron chi connectivity index (χ4n) is 7.01. The van der Waals surface area contributed by atoms with Crippen molar-refractivity contribution < 1.29 is 5.11 Å². The Labute approximate surface area is 289 Å². The molecule has 0 bridgehead atoms. The first-order valence-corrected chi connectivity index (χ1v) is 19.9. The van der Waals surface area contributed by atoms with E-state index in [2.05, 4.69) is 72.9 Å². The molecule has 1 aliphatic rings. The molecule has 3 rings (SSSR count).